The van der Waals surface area contributed by atoms with E-state index in [1.165, 1.54) is 0 Å². The van der Waals surface area contributed by atoms with E-state index in [1.807, 2.05) is 12.2 Å². The molecule has 1 amide bonds. The molecule has 0 radical (unpaired) electrons. The first kappa shape index (κ1) is 14.1. The molecule has 106 valence electrons. The van der Waals surface area contributed by atoms with Gasteiger partial charge in [0.2, 0.25) is 5.91 Å². The molecule has 0 aromatic heterocycles. The lowest BCUT2D eigenvalue weighted by Gasteiger charge is -2.38. The Morgan fingerprint density at radius 3 is 2.68 bits per heavy atom. The Labute approximate surface area is 113 Å². The van der Waals surface area contributed by atoms with Gasteiger partial charge in [-0.25, -0.2) is 0 Å². The van der Waals surface area contributed by atoms with Crippen molar-refractivity contribution in [2.45, 2.75) is 51.1 Å². The average molecular weight is 266 g/mol. The van der Waals surface area contributed by atoms with Gasteiger partial charge in [-0.1, -0.05) is 25.0 Å². The minimum atomic E-state index is -0.849. The van der Waals surface area contributed by atoms with E-state index >= 15 is 0 Å². The van der Waals surface area contributed by atoms with Gasteiger partial charge in [0.25, 0.3) is 0 Å². The molecule has 19 heavy (non-hydrogen) atoms. The summed E-state index contributed by atoms with van der Waals surface area (Å²) >= 11 is 0. The Bertz CT molecular complexity index is 407. The normalized spacial score (nSPS) is 38.1. The van der Waals surface area contributed by atoms with E-state index in [1.54, 1.807) is 6.92 Å². The standard InChI is InChI=1S/C14H22N2O3/c1-14(13(18)19)7-3-2-4-11(14)16-12(17)9-5-6-10(15)8-9/h5-6,9-11H,2-4,7-8,15H2,1H3,(H,16,17)(H,18,19). The van der Waals surface area contributed by atoms with Crippen LogP contribution >= 0.6 is 0 Å². The number of carbonyl (C=O) groups excluding carboxylic acids is 1. The predicted molar refractivity (Wildman–Crippen MR) is 71.4 cm³/mol. The van der Waals surface area contributed by atoms with Crippen LogP contribution in [-0.2, 0) is 9.59 Å². The van der Waals surface area contributed by atoms with E-state index in [0.29, 0.717) is 12.8 Å². The molecule has 2 aliphatic carbocycles. The number of hydrogen-bond donors (Lipinski definition) is 3. The van der Waals surface area contributed by atoms with Gasteiger partial charge in [-0.15, -0.1) is 0 Å². The Balaban J connectivity index is 2.02. The summed E-state index contributed by atoms with van der Waals surface area (Å²) in [7, 11) is 0. The molecule has 4 unspecified atom stereocenters. The molecule has 4 N–H and O–H groups in total. The maximum absolute atomic E-state index is 12.2. The first-order valence-corrected chi connectivity index (χ1v) is 6.91. The zero-order valence-corrected chi connectivity index (χ0v) is 11.3. The fraction of sp³-hybridized carbons (Fsp3) is 0.714. The molecular weight excluding hydrogens is 244 g/mol. The summed E-state index contributed by atoms with van der Waals surface area (Å²) in [4.78, 5) is 23.6. The summed E-state index contributed by atoms with van der Waals surface area (Å²) in [5.41, 5.74) is 4.89. The topological polar surface area (TPSA) is 92.4 Å². The minimum absolute atomic E-state index is 0.0621. The molecule has 5 heteroatoms. The van der Waals surface area contributed by atoms with Crippen LogP contribution in [0.25, 0.3) is 0 Å². The van der Waals surface area contributed by atoms with Crippen LogP contribution in [-0.4, -0.2) is 29.1 Å². The Morgan fingerprint density at radius 2 is 2.11 bits per heavy atom. The number of carboxylic acids is 1. The molecule has 2 aliphatic rings. The van der Waals surface area contributed by atoms with Crippen molar-refractivity contribution in [1.82, 2.24) is 5.32 Å². The highest BCUT2D eigenvalue weighted by Crippen LogP contribution is 2.36. The summed E-state index contributed by atoms with van der Waals surface area (Å²) in [5, 5.41) is 12.3. The number of nitrogens with two attached hydrogens (primary N) is 1. The van der Waals surface area contributed by atoms with E-state index in [0.717, 1.165) is 19.3 Å². The number of nitrogens with one attached hydrogen (secondary N) is 1. The SMILES string of the molecule is CC1(C(=O)O)CCCCC1NC(=O)C1C=CC(N)C1. The summed E-state index contributed by atoms with van der Waals surface area (Å²) in [6, 6.07) is -0.343. The van der Waals surface area contributed by atoms with Crippen molar-refractivity contribution in [2.24, 2.45) is 17.1 Å². The molecule has 0 aliphatic heterocycles. The lowest BCUT2D eigenvalue weighted by Crippen LogP contribution is -2.53. The van der Waals surface area contributed by atoms with Gasteiger partial charge < -0.3 is 16.2 Å². The number of aliphatic carboxylic acids is 1. The smallest absolute Gasteiger partial charge is 0.311 e. The van der Waals surface area contributed by atoms with Gasteiger partial charge in [-0.3, -0.25) is 9.59 Å². The Morgan fingerprint density at radius 1 is 1.37 bits per heavy atom. The van der Waals surface area contributed by atoms with Crippen molar-refractivity contribution in [3.8, 4) is 0 Å². The van der Waals surface area contributed by atoms with Crippen molar-refractivity contribution in [3.63, 3.8) is 0 Å². The van der Waals surface area contributed by atoms with E-state index in [-0.39, 0.29) is 23.9 Å². The molecule has 0 bridgehead atoms. The third-order valence-corrected chi connectivity index (χ3v) is 4.47. The molecule has 0 heterocycles. The summed E-state index contributed by atoms with van der Waals surface area (Å²) in [6.45, 7) is 1.73. The van der Waals surface area contributed by atoms with Crippen molar-refractivity contribution in [2.75, 3.05) is 0 Å². The van der Waals surface area contributed by atoms with Crippen LogP contribution in [0.4, 0.5) is 0 Å². The predicted octanol–water partition coefficient (Wildman–Crippen LogP) is 1.04. The van der Waals surface area contributed by atoms with Gasteiger partial charge in [0, 0.05) is 12.1 Å². The largest absolute Gasteiger partial charge is 0.481 e. The molecule has 5 nitrogen and oxygen atoms in total. The van der Waals surface area contributed by atoms with Gasteiger partial charge in [0.05, 0.1) is 11.3 Å². The highest BCUT2D eigenvalue weighted by atomic mass is 16.4. The van der Waals surface area contributed by atoms with Gasteiger partial charge in [0.1, 0.15) is 0 Å². The average Bonchev–Trinajstić information content (AvgIpc) is 2.79. The molecule has 1 fully saturated rings. The first-order chi connectivity index (χ1) is 8.93. The second-order valence-electron chi connectivity index (χ2n) is 5.92. The first-order valence-electron chi connectivity index (χ1n) is 6.91. The minimum Gasteiger partial charge on any atom is -0.481 e. The van der Waals surface area contributed by atoms with Gasteiger partial charge in [-0.2, -0.15) is 0 Å². The fourth-order valence-electron chi connectivity index (χ4n) is 3.02. The molecular formula is C14H22N2O3. The number of rotatable bonds is 3. The maximum atomic E-state index is 12.2. The van der Waals surface area contributed by atoms with Crippen molar-refractivity contribution in [1.29, 1.82) is 0 Å². The van der Waals surface area contributed by atoms with Crippen molar-refractivity contribution < 1.29 is 14.7 Å². The van der Waals surface area contributed by atoms with Crippen LogP contribution in [0.3, 0.4) is 0 Å². The van der Waals surface area contributed by atoms with Crippen LogP contribution in [0, 0.1) is 11.3 Å². The molecule has 0 spiro atoms. The van der Waals surface area contributed by atoms with Crippen LogP contribution < -0.4 is 11.1 Å². The zero-order valence-electron chi connectivity index (χ0n) is 11.3. The third kappa shape index (κ3) is 2.81. The Hall–Kier alpha value is -1.36. The fourth-order valence-corrected chi connectivity index (χ4v) is 3.02. The number of carbonyl (C=O) groups is 2. The molecule has 0 aromatic rings. The Kier molecular flexibility index (Phi) is 3.94. The maximum Gasteiger partial charge on any atom is 0.311 e. The highest BCUT2D eigenvalue weighted by molar-refractivity contribution is 5.83. The third-order valence-electron chi connectivity index (χ3n) is 4.47. The van der Waals surface area contributed by atoms with E-state index in [4.69, 9.17) is 5.73 Å². The van der Waals surface area contributed by atoms with Crippen LogP contribution in [0.2, 0.25) is 0 Å². The number of hydrogen-bond acceptors (Lipinski definition) is 3. The quantitative estimate of drug-likeness (QED) is 0.665. The summed E-state index contributed by atoms with van der Waals surface area (Å²) in [6.07, 6.45) is 7.49. The van der Waals surface area contributed by atoms with Crippen LogP contribution in [0.5, 0.6) is 0 Å². The lowest BCUT2D eigenvalue weighted by atomic mass is 9.71. The summed E-state index contributed by atoms with van der Waals surface area (Å²) in [5.74, 6) is -1.13. The second-order valence-corrected chi connectivity index (χ2v) is 5.92. The second kappa shape index (κ2) is 5.33. The van der Waals surface area contributed by atoms with Crippen molar-refractivity contribution >= 4 is 11.9 Å². The number of carboxylic acid groups (broad SMARTS) is 1. The summed E-state index contributed by atoms with van der Waals surface area (Å²) < 4.78 is 0. The van der Waals surface area contributed by atoms with E-state index in [9.17, 15) is 14.7 Å². The van der Waals surface area contributed by atoms with Gasteiger partial charge >= 0.3 is 5.97 Å². The number of amides is 1. The molecule has 0 saturated heterocycles. The molecule has 4 atom stereocenters. The van der Waals surface area contributed by atoms with Crippen LogP contribution in [0.1, 0.15) is 39.0 Å². The van der Waals surface area contributed by atoms with Gasteiger partial charge in [-0.05, 0) is 26.2 Å². The van der Waals surface area contributed by atoms with E-state index in [2.05, 4.69) is 5.32 Å². The van der Waals surface area contributed by atoms with Crippen molar-refractivity contribution in [3.05, 3.63) is 12.2 Å². The lowest BCUT2D eigenvalue weighted by molar-refractivity contribution is -0.152. The molecule has 1 saturated carbocycles. The van der Waals surface area contributed by atoms with Crippen LogP contribution in [0.15, 0.2) is 12.2 Å². The molecule has 2 rings (SSSR count). The highest BCUT2D eigenvalue weighted by Gasteiger charge is 2.44. The zero-order chi connectivity index (χ0) is 14.0. The van der Waals surface area contributed by atoms with Gasteiger partial charge in [0.15, 0.2) is 0 Å². The van der Waals surface area contributed by atoms with E-state index < -0.39 is 11.4 Å². The monoisotopic (exact) mass is 266 g/mol. The molecule has 0 aromatic carbocycles.